The lowest BCUT2D eigenvalue weighted by Gasteiger charge is -2.27. The third kappa shape index (κ3) is 5.04. The summed E-state index contributed by atoms with van der Waals surface area (Å²) < 4.78 is 5.64. The largest absolute Gasteiger partial charge is 0.365 e. The quantitative estimate of drug-likeness (QED) is 0.476. The Hall–Kier alpha value is 0.310. The second kappa shape index (κ2) is 6.79. The number of unbranched alkanes of at least 4 members (excludes halogenated alkanes) is 1. The van der Waals surface area contributed by atoms with E-state index in [4.69, 9.17) is 4.74 Å². The van der Waals surface area contributed by atoms with Gasteiger partial charge in [0.25, 0.3) is 0 Å². The van der Waals surface area contributed by atoms with Gasteiger partial charge in [0, 0.05) is 6.61 Å². The first-order valence-corrected chi connectivity index (χ1v) is 5.49. The SMILES string of the molecule is CCCCC(S)(CCC)OCC. The molecular weight excluding hydrogens is 168 g/mol. The third-order valence-corrected chi connectivity index (χ3v) is 2.55. The normalized spacial score (nSPS) is 16.0. The second-order valence-electron chi connectivity index (χ2n) is 3.23. The number of hydrogen-bond acceptors (Lipinski definition) is 2. The van der Waals surface area contributed by atoms with Gasteiger partial charge in [-0.3, -0.25) is 0 Å². The van der Waals surface area contributed by atoms with Crippen LogP contribution in [0.3, 0.4) is 0 Å². The molecule has 0 saturated heterocycles. The molecule has 0 radical (unpaired) electrons. The van der Waals surface area contributed by atoms with Gasteiger partial charge in [-0.05, 0) is 26.2 Å². The Labute approximate surface area is 82.3 Å². The van der Waals surface area contributed by atoms with Gasteiger partial charge in [-0.2, -0.15) is 0 Å². The molecule has 0 heterocycles. The molecule has 0 fully saturated rings. The van der Waals surface area contributed by atoms with Gasteiger partial charge in [0.2, 0.25) is 0 Å². The topological polar surface area (TPSA) is 9.23 Å². The van der Waals surface area contributed by atoms with Crippen LogP contribution in [0.5, 0.6) is 0 Å². The van der Waals surface area contributed by atoms with Crippen molar-refractivity contribution in [1.82, 2.24) is 0 Å². The summed E-state index contributed by atoms with van der Waals surface area (Å²) in [5, 5.41) is 0. The van der Waals surface area contributed by atoms with Gasteiger partial charge in [-0.1, -0.05) is 26.7 Å². The zero-order valence-electron chi connectivity index (χ0n) is 8.60. The van der Waals surface area contributed by atoms with Gasteiger partial charge in [-0.25, -0.2) is 0 Å². The van der Waals surface area contributed by atoms with Crippen LogP contribution in [-0.2, 0) is 4.74 Å². The molecule has 12 heavy (non-hydrogen) atoms. The molecule has 0 aliphatic carbocycles. The molecule has 0 aromatic carbocycles. The summed E-state index contributed by atoms with van der Waals surface area (Å²) in [6.07, 6.45) is 5.72. The van der Waals surface area contributed by atoms with Crippen LogP contribution in [0.25, 0.3) is 0 Å². The van der Waals surface area contributed by atoms with Crippen LogP contribution in [0.4, 0.5) is 0 Å². The predicted octanol–water partition coefficient (Wildman–Crippen LogP) is 3.64. The zero-order valence-corrected chi connectivity index (χ0v) is 9.49. The van der Waals surface area contributed by atoms with Crippen molar-refractivity contribution >= 4 is 12.6 Å². The highest BCUT2D eigenvalue weighted by atomic mass is 32.1. The first-order valence-electron chi connectivity index (χ1n) is 5.04. The van der Waals surface area contributed by atoms with E-state index in [9.17, 15) is 0 Å². The summed E-state index contributed by atoms with van der Waals surface area (Å²) in [6.45, 7) is 7.18. The highest BCUT2D eigenvalue weighted by molar-refractivity contribution is 7.81. The molecule has 2 heteroatoms. The van der Waals surface area contributed by atoms with Crippen molar-refractivity contribution in [3.8, 4) is 0 Å². The maximum atomic E-state index is 5.64. The predicted molar refractivity (Wildman–Crippen MR) is 57.8 cm³/mol. The van der Waals surface area contributed by atoms with Gasteiger partial charge in [-0.15, -0.1) is 12.6 Å². The molecule has 0 amide bonds. The summed E-state index contributed by atoms with van der Waals surface area (Å²) in [5.74, 6) is 0. The van der Waals surface area contributed by atoms with Crippen molar-refractivity contribution in [3.63, 3.8) is 0 Å². The van der Waals surface area contributed by atoms with Crippen LogP contribution >= 0.6 is 12.6 Å². The van der Waals surface area contributed by atoms with Crippen molar-refractivity contribution in [2.75, 3.05) is 6.61 Å². The molecule has 0 aromatic rings. The van der Waals surface area contributed by atoms with Gasteiger partial charge < -0.3 is 4.74 Å². The number of thiol groups is 1. The van der Waals surface area contributed by atoms with Gasteiger partial charge in [0.05, 0.1) is 0 Å². The summed E-state index contributed by atoms with van der Waals surface area (Å²) in [7, 11) is 0. The van der Waals surface area contributed by atoms with Gasteiger partial charge in [0.1, 0.15) is 4.93 Å². The van der Waals surface area contributed by atoms with E-state index >= 15 is 0 Å². The van der Waals surface area contributed by atoms with Crippen molar-refractivity contribution in [1.29, 1.82) is 0 Å². The second-order valence-corrected chi connectivity index (χ2v) is 4.05. The van der Waals surface area contributed by atoms with Gasteiger partial charge >= 0.3 is 0 Å². The van der Waals surface area contributed by atoms with E-state index in [1.807, 2.05) is 6.92 Å². The molecule has 0 aliphatic heterocycles. The lowest BCUT2D eigenvalue weighted by molar-refractivity contribution is 0.0216. The Morgan fingerprint density at radius 1 is 1.08 bits per heavy atom. The molecule has 0 N–H and O–H groups in total. The maximum absolute atomic E-state index is 5.64. The summed E-state index contributed by atoms with van der Waals surface area (Å²) in [4.78, 5) is -0.153. The van der Waals surface area contributed by atoms with Crippen molar-refractivity contribution in [2.24, 2.45) is 0 Å². The average Bonchev–Trinajstić information content (AvgIpc) is 2.02. The summed E-state index contributed by atoms with van der Waals surface area (Å²) >= 11 is 4.59. The Morgan fingerprint density at radius 3 is 2.17 bits per heavy atom. The van der Waals surface area contributed by atoms with Crippen LogP contribution in [0.1, 0.15) is 52.9 Å². The van der Waals surface area contributed by atoms with E-state index in [0.29, 0.717) is 0 Å². The maximum Gasteiger partial charge on any atom is 0.110 e. The lowest BCUT2D eigenvalue weighted by Crippen LogP contribution is -2.25. The third-order valence-electron chi connectivity index (χ3n) is 1.97. The zero-order chi connectivity index (χ0) is 9.45. The summed E-state index contributed by atoms with van der Waals surface area (Å²) in [5.41, 5.74) is 0. The van der Waals surface area contributed by atoms with Crippen LogP contribution in [-0.4, -0.2) is 11.5 Å². The monoisotopic (exact) mass is 190 g/mol. The average molecular weight is 190 g/mol. The molecule has 0 rings (SSSR count). The first-order chi connectivity index (χ1) is 5.68. The minimum atomic E-state index is -0.153. The summed E-state index contributed by atoms with van der Waals surface area (Å²) in [6, 6.07) is 0. The lowest BCUT2D eigenvalue weighted by atomic mass is 10.1. The Balaban J connectivity index is 3.80. The molecule has 0 spiro atoms. The van der Waals surface area contributed by atoms with E-state index < -0.39 is 0 Å². The molecule has 1 atom stereocenters. The van der Waals surface area contributed by atoms with E-state index in [1.54, 1.807) is 0 Å². The van der Waals surface area contributed by atoms with Crippen LogP contribution in [0.15, 0.2) is 0 Å². The molecule has 0 aromatic heterocycles. The molecule has 1 unspecified atom stereocenters. The molecule has 0 bridgehead atoms. The molecule has 0 aliphatic rings. The Morgan fingerprint density at radius 2 is 1.75 bits per heavy atom. The van der Waals surface area contributed by atoms with E-state index in [0.717, 1.165) is 25.9 Å². The number of ether oxygens (including phenoxy) is 1. The Kier molecular flexibility index (Phi) is 6.96. The van der Waals surface area contributed by atoms with Crippen LogP contribution < -0.4 is 0 Å². The fourth-order valence-corrected chi connectivity index (χ4v) is 1.89. The van der Waals surface area contributed by atoms with Crippen LogP contribution in [0, 0.1) is 0 Å². The molecule has 1 nitrogen and oxygen atoms in total. The fourth-order valence-electron chi connectivity index (χ4n) is 1.38. The highest BCUT2D eigenvalue weighted by Crippen LogP contribution is 2.28. The van der Waals surface area contributed by atoms with Crippen LogP contribution in [0.2, 0.25) is 0 Å². The highest BCUT2D eigenvalue weighted by Gasteiger charge is 2.23. The minimum Gasteiger partial charge on any atom is -0.365 e. The number of rotatable bonds is 7. The van der Waals surface area contributed by atoms with Crippen molar-refractivity contribution in [2.45, 2.75) is 57.8 Å². The van der Waals surface area contributed by atoms with E-state index in [2.05, 4.69) is 26.5 Å². The van der Waals surface area contributed by atoms with E-state index in [1.165, 1.54) is 12.8 Å². The number of hydrogen-bond donors (Lipinski definition) is 1. The smallest absolute Gasteiger partial charge is 0.110 e. The van der Waals surface area contributed by atoms with E-state index in [-0.39, 0.29) is 4.93 Å². The molecular formula is C10H22OS. The van der Waals surface area contributed by atoms with Crippen molar-refractivity contribution < 1.29 is 4.74 Å². The molecule has 0 saturated carbocycles. The standard InChI is InChI=1S/C10H22OS/c1-4-7-9-10(12,8-5-2)11-6-3/h12H,4-9H2,1-3H3. The van der Waals surface area contributed by atoms with Crippen molar-refractivity contribution in [3.05, 3.63) is 0 Å². The first kappa shape index (κ1) is 12.3. The van der Waals surface area contributed by atoms with Gasteiger partial charge in [0.15, 0.2) is 0 Å². The minimum absolute atomic E-state index is 0.153. The fraction of sp³-hybridized carbons (Fsp3) is 1.00. The Bertz CT molecular complexity index is 98.0. The molecule has 74 valence electrons.